The van der Waals surface area contributed by atoms with Crippen LogP contribution in [0.25, 0.3) is 4.96 Å². The van der Waals surface area contributed by atoms with Crippen molar-refractivity contribution in [3.05, 3.63) is 11.6 Å². The highest BCUT2D eigenvalue weighted by atomic mass is 32.2. The van der Waals surface area contributed by atoms with Crippen LogP contribution in [0.2, 0.25) is 0 Å². The number of nitrogens with one attached hydrogen (secondary N) is 1. The fourth-order valence-electron chi connectivity index (χ4n) is 2.61. The quantitative estimate of drug-likeness (QED) is 0.605. The number of methoxy groups -OCH3 is 1. The van der Waals surface area contributed by atoms with E-state index in [0.29, 0.717) is 24.7 Å². The molecule has 10 heteroatoms. The van der Waals surface area contributed by atoms with Gasteiger partial charge in [-0.2, -0.15) is 9.29 Å². The highest BCUT2D eigenvalue weighted by molar-refractivity contribution is 7.89. The zero-order valence-corrected chi connectivity index (χ0v) is 13.2. The second-order valence-electron chi connectivity index (χ2n) is 4.94. The normalized spacial score (nSPS) is 20.4. The molecule has 1 fully saturated rings. The Balaban J connectivity index is 1.99. The number of hydrogen-bond acceptors (Lipinski definition) is 7. The molecule has 2 aromatic heterocycles. The molecule has 116 valence electrons. The van der Waals surface area contributed by atoms with Gasteiger partial charge in [0.2, 0.25) is 5.03 Å². The Bertz CT molecular complexity index is 738. The average molecular weight is 331 g/mol. The maximum atomic E-state index is 12.9. The molecule has 3 rings (SSSR count). The Morgan fingerprint density at radius 1 is 1.62 bits per heavy atom. The number of imidazole rings is 1. The smallest absolute Gasteiger partial charge is 0.262 e. The molecule has 0 spiro atoms. The van der Waals surface area contributed by atoms with Crippen molar-refractivity contribution in [1.82, 2.24) is 13.7 Å². The van der Waals surface area contributed by atoms with Gasteiger partial charge >= 0.3 is 0 Å². The summed E-state index contributed by atoms with van der Waals surface area (Å²) in [4.78, 5) is 4.79. The van der Waals surface area contributed by atoms with E-state index in [2.05, 4.69) is 10.4 Å². The summed E-state index contributed by atoms with van der Waals surface area (Å²) in [7, 11) is -2.02. The van der Waals surface area contributed by atoms with Crippen molar-refractivity contribution in [1.29, 1.82) is 0 Å². The zero-order valence-electron chi connectivity index (χ0n) is 11.5. The summed E-state index contributed by atoms with van der Waals surface area (Å²) >= 11 is 1.36. The van der Waals surface area contributed by atoms with E-state index in [4.69, 9.17) is 10.6 Å². The maximum Gasteiger partial charge on any atom is 0.262 e. The minimum absolute atomic E-state index is 0.0966. The van der Waals surface area contributed by atoms with Gasteiger partial charge in [-0.15, -0.1) is 11.3 Å². The number of thiazole rings is 1. The van der Waals surface area contributed by atoms with E-state index in [-0.39, 0.29) is 16.8 Å². The van der Waals surface area contributed by atoms with Crippen LogP contribution < -0.4 is 11.3 Å². The first-order valence-corrected chi connectivity index (χ1v) is 8.81. The molecule has 21 heavy (non-hydrogen) atoms. The Kier molecular flexibility index (Phi) is 3.88. The van der Waals surface area contributed by atoms with Gasteiger partial charge in [-0.05, 0) is 12.3 Å². The Morgan fingerprint density at radius 3 is 3.14 bits per heavy atom. The fraction of sp³-hybridized carbons (Fsp3) is 0.545. The molecular formula is C11H17N5O3S2. The number of hydrazine groups is 1. The molecule has 0 amide bonds. The number of nitrogens with two attached hydrogens (primary N) is 1. The van der Waals surface area contributed by atoms with Gasteiger partial charge in [0.15, 0.2) is 10.8 Å². The van der Waals surface area contributed by atoms with Crippen molar-refractivity contribution in [2.75, 3.05) is 32.2 Å². The van der Waals surface area contributed by atoms with Gasteiger partial charge in [0, 0.05) is 31.8 Å². The van der Waals surface area contributed by atoms with E-state index in [9.17, 15) is 8.42 Å². The summed E-state index contributed by atoms with van der Waals surface area (Å²) in [6, 6.07) is 0. The van der Waals surface area contributed by atoms with Crippen LogP contribution in [-0.2, 0) is 14.8 Å². The van der Waals surface area contributed by atoms with E-state index in [0.717, 1.165) is 6.42 Å². The van der Waals surface area contributed by atoms with E-state index in [1.54, 1.807) is 23.1 Å². The molecule has 0 aromatic carbocycles. The third kappa shape index (κ3) is 2.42. The lowest BCUT2D eigenvalue weighted by Gasteiger charge is -2.16. The lowest BCUT2D eigenvalue weighted by atomic mass is 10.1. The van der Waals surface area contributed by atoms with E-state index < -0.39 is 10.0 Å². The standard InChI is InChI=1S/C11H17N5O3S2/c1-19-7-8-2-3-15(6-8)21(17,18)10-9(14-12)13-11-16(10)4-5-20-11/h4-5,8,14H,2-3,6-7,12H2,1H3. The summed E-state index contributed by atoms with van der Waals surface area (Å²) in [5.74, 6) is 5.82. The fourth-order valence-corrected chi connectivity index (χ4v) is 5.13. The predicted molar refractivity (Wildman–Crippen MR) is 79.6 cm³/mol. The number of anilines is 1. The van der Waals surface area contributed by atoms with Gasteiger partial charge in [-0.25, -0.2) is 14.3 Å². The summed E-state index contributed by atoms with van der Waals surface area (Å²) in [5.41, 5.74) is 2.38. The van der Waals surface area contributed by atoms with Gasteiger partial charge in [0.25, 0.3) is 10.0 Å². The molecule has 1 atom stereocenters. The van der Waals surface area contributed by atoms with Crippen molar-refractivity contribution in [2.45, 2.75) is 11.4 Å². The first-order valence-electron chi connectivity index (χ1n) is 6.49. The maximum absolute atomic E-state index is 12.9. The SMILES string of the molecule is COCC1CCN(S(=O)(=O)c2c(NN)nc3sccn23)C1. The van der Waals surface area contributed by atoms with Crippen LogP contribution >= 0.6 is 11.3 Å². The minimum atomic E-state index is -3.64. The van der Waals surface area contributed by atoms with Gasteiger partial charge in [0.1, 0.15) is 0 Å². The summed E-state index contributed by atoms with van der Waals surface area (Å²) in [5, 5.41) is 1.89. The highest BCUT2D eigenvalue weighted by Gasteiger charge is 2.36. The Labute approximate surface area is 126 Å². The van der Waals surface area contributed by atoms with Crippen LogP contribution in [0.4, 0.5) is 5.82 Å². The number of rotatable bonds is 5. The first kappa shape index (κ1) is 14.7. The number of nitrogen functional groups attached to an aromatic ring is 1. The van der Waals surface area contributed by atoms with Crippen molar-refractivity contribution in [3.63, 3.8) is 0 Å². The minimum Gasteiger partial charge on any atom is -0.384 e. The Morgan fingerprint density at radius 2 is 2.43 bits per heavy atom. The third-order valence-corrected chi connectivity index (χ3v) is 6.24. The van der Waals surface area contributed by atoms with Gasteiger partial charge < -0.3 is 10.2 Å². The van der Waals surface area contributed by atoms with Gasteiger partial charge in [-0.3, -0.25) is 4.40 Å². The Hall–Kier alpha value is -1.20. The number of nitrogens with zero attached hydrogens (tertiary/aromatic N) is 3. The van der Waals surface area contributed by atoms with E-state index in [1.165, 1.54) is 15.6 Å². The molecule has 0 aliphatic carbocycles. The molecule has 3 N–H and O–H groups in total. The topological polar surface area (TPSA) is 102 Å². The summed E-state index contributed by atoms with van der Waals surface area (Å²) in [6.45, 7) is 1.50. The molecule has 1 saturated heterocycles. The van der Waals surface area contributed by atoms with Crippen LogP contribution in [0.3, 0.4) is 0 Å². The molecule has 1 aliphatic heterocycles. The van der Waals surface area contributed by atoms with Crippen LogP contribution in [0.5, 0.6) is 0 Å². The van der Waals surface area contributed by atoms with Crippen LogP contribution in [0.1, 0.15) is 6.42 Å². The van der Waals surface area contributed by atoms with E-state index >= 15 is 0 Å². The van der Waals surface area contributed by atoms with Crippen LogP contribution in [0, 0.1) is 5.92 Å². The molecule has 8 nitrogen and oxygen atoms in total. The van der Waals surface area contributed by atoms with Crippen molar-refractivity contribution in [3.8, 4) is 0 Å². The molecule has 2 aromatic rings. The van der Waals surface area contributed by atoms with Crippen molar-refractivity contribution < 1.29 is 13.2 Å². The lowest BCUT2D eigenvalue weighted by molar-refractivity contribution is 0.157. The number of sulfonamides is 1. The zero-order chi connectivity index (χ0) is 15.0. The monoisotopic (exact) mass is 331 g/mol. The number of ether oxygens (including phenoxy) is 1. The van der Waals surface area contributed by atoms with E-state index in [1.807, 2.05) is 0 Å². The lowest BCUT2D eigenvalue weighted by Crippen LogP contribution is -2.31. The molecule has 0 radical (unpaired) electrons. The largest absolute Gasteiger partial charge is 0.384 e. The van der Waals surface area contributed by atoms with Gasteiger partial charge in [0.05, 0.1) is 6.61 Å². The second kappa shape index (κ2) is 5.54. The van der Waals surface area contributed by atoms with Gasteiger partial charge in [-0.1, -0.05) is 0 Å². The summed E-state index contributed by atoms with van der Waals surface area (Å²) in [6.07, 6.45) is 2.48. The molecule has 0 saturated carbocycles. The highest BCUT2D eigenvalue weighted by Crippen LogP contribution is 2.30. The predicted octanol–water partition coefficient (Wildman–Crippen LogP) is 0.338. The summed E-state index contributed by atoms with van der Waals surface area (Å²) < 4.78 is 33.9. The number of hydrogen-bond donors (Lipinski definition) is 2. The molecule has 3 heterocycles. The van der Waals surface area contributed by atoms with Crippen molar-refractivity contribution >= 4 is 32.1 Å². The molecule has 1 aliphatic rings. The number of aromatic nitrogens is 2. The average Bonchev–Trinajstić information content (AvgIpc) is 3.12. The van der Waals surface area contributed by atoms with Crippen LogP contribution in [0.15, 0.2) is 16.6 Å². The van der Waals surface area contributed by atoms with Crippen molar-refractivity contribution in [2.24, 2.45) is 11.8 Å². The first-order chi connectivity index (χ1) is 10.1. The number of fused-ring (bicyclic) bond motifs is 1. The third-order valence-electron chi connectivity index (χ3n) is 3.59. The molecule has 1 unspecified atom stereocenters. The molecule has 0 bridgehead atoms. The molecular weight excluding hydrogens is 314 g/mol. The van der Waals surface area contributed by atoms with Crippen LogP contribution in [-0.4, -0.2) is 48.9 Å². The second-order valence-corrected chi connectivity index (χ2v) is 7.66.